The van der Waals surface area contributed by atoms with E-state index in [2.05, 4.69) is 46.3 Å². The molecule has 0 unspecified atom stereocenters. The average molecular weight is 306 g/mol. The van der Waals surface area contributed by atoms with Gasteiger partial charge in [-0.1, -0.05) is 50.7 Å². The highest BCUT2D eigenvalue weighted by Gasteiger charge is 2.29. The summed E-state index contributed by atoms with van der Waals surface area (Å²) >= 11 is 0. The minimum absolute atomic E-state index is 0.465. The zero-order valence-corrected chi connectivity index (χ0v) is 15.1. The molecule has 2 aliphatic carbocycles. The van der Waals surface area contributed by atoms with Crippen molar-refractivity contribution < 1.29 is 0 Å². The lowest BCUT2D eigenvalue weighted by Crippen LogP contribution is -2.52. The fourth-order valence-corrected chi connectivity index (χ4v) is 4.29. The number of rotatable bonds is 6. The summed E-state index contributed by atoms with van der Waals surface area (Å²) in [6.45, 7) is 0. The molecule has 0 heterocycles. The quantitative estimate of drug-likeness (QED) is 0.416. The predicted octanol–water partition coefficient (Wildman–Crippen LogP) is 3.98. The van der Waals surface area contributed by atoms with E-state index in [1.165, 1.54) is 64.2 Å². The molecule has 0 aromatic heterocycles. The van der Waals surface area contributed by atoms with E-state index in [0.717, 1.165) is 18.1 Å². The zero-order valence-electron chi connectivity index (χ0n) is 14.1. The lowest BCUT2D eigenvalue weighted by molar-refractivity contribution is 0.0294. The van der Waals surface area contributed by atoms with Gasteiger partial charge in [-0.25, -0.2) is 0 Å². The van der Waals surface area contributed by atoms with Gasteiger partial charge >= 0.3 is 0 Å². The number of hydrogen-bond donors (Lipinski definition) is 0. The molecule has 119 valence electrons. The molecule has 0 N–H and O–H groups in total. The van der Waals surface area contributed by atoms with Crippen LogP contribution >= 0.6 is 0 Å². The first-order valence-electron chi connectivity index (χ1n) is 8.99. The molecule has 2 nitrogen and oxygen atoms in total. The van der Waals surface area contributed by atoms with Gasteiger partial charge in [0.15, 0.2) is 0 Å². The largest absolute Gasteiger partial charge is 0.285 e. The van der Waals surface area contributed by atoms with Gasteiger partial charge in [-0.3, -0.25) is 9.80 Å². The van der Waals surface area contributed by atoms with E-state index in [4.69, 9.17) is 0 Å². The van der Waals surface area contributed by atoms with E-state index >= 15 is 0 Å². The van der Waals surface area contributed by atoms with Crippen molar-refractivity contribution in [2.24, 2.45) is 0 Å². The van der Waals surface area contributed by atoms with Crippen LogP contribution in [-0.2, 0) is 0 Å². The van der Waals surface area contributed by atoms with Crippen molar-refractivity contribution in [1.29, 1.82) is 0 Å². The maximum atomic E-state index is 3.59. The zero-order chi connectivity index (χ0) is 15.1. The van der Waals surface area contributed by atoms with Gasteiger partial charge in [0.1, 0.15) is 0 Å². The monoisotopic (exact) mass is 305 g/mol. The Bertz CT molecular complexity index is 282. The standard InChI is InChI=1S/C18H33N2Si/c1-19(16-10-5-3-6-11-16)18(14-9-15-21)20(2)17-12-7-4-8-13-17/h9,14,16-18H,3-8,10-13,15H2,1-2H3. The normalized spacial score (nSPS) is 23.0. The Morgan fingerprint density at radius 2 is 1.29 bits per heavy atom. The van der Waals surface area contributed by atoms with Gasteiger partial charge in [-0.15, -0.1) is 0 Å². The highest BCUT2D eigenvalue weighted by atomic mass is 28.1. The molecule has 2 aliphatic rings. The summed E-state index contributed by atoms with van der Waals surface area (Å²) in [7, 11) is 8.28. The van der Waals surface area contributed by atoms with Crippen molar-refractivity contribution in [2.45, 2.75) is 88.5 Å². The van der Waals surface area contributed by atoms with Gasteiger partial charge < -0.3 is 0 Å². The van der Waals surface area contributed by atoms with Crippen LogP contribution in [0.1, 0.15) is 64.2 Å². The highest BCUT2D eigenvalue weighted by molar-refractivity contribution is 6.09. The number of allylic oxidation sites excluding steroid dienone is 1. The molecule has 3 radical (unpaired) electrons. The summed E-state index contributed by atoms with van der Waals surface area (Å²) in [6.07, 6.45) is 19.2. The molecular formula is C18H33N2Si. The molecule has 2 saturated carbocycles. The molecule has 3 heteroatoms. The van der Waals surface area contributed by atoms with Crippen LogP contribution in [0.4, 0.5) is 0 Å². The van der Waals surface area contributed by atoms with Gasteiger partial charge in [0.2, 0.25) is 0 Å². The Kier molecular flexibility index (Phi) is 7.48. The maximum Gasteiger partial charge on any atom is 0.0814 e. The van der Waals surface area contributed by atoms with E-state index < -0.39 is 0 Å². The smallest absolute Gasteiger partial charge is 0.0814 e. The molecule has 0 spiro atoms. The average Bonchev–Trinajstić information content (AvgIpc) is 2.56. The van der Waals surface area contributed by atoms with Crippen LogP contribution in [-0.4, -0.2) is 52.4 Å². The number of likely N-dealkylation sites (N-methyl/N-ethyl adjacent to an activating group) is 2. The Labute approximate surface area is 135 Å². The first-order valence-corrected chi connectivity index (χ1v) is 9.70. The molecule has 0 bridgehead atoms. The highest BCUT2D eigenvalue weighted by Crippen LogP contribution is 2.28. The van der Waals surface area contributed by atoms with E-state index in [0.29, 0.717) is 6.17 Å². The van der Waals surface area contributed by atoms with E-state index in [9.17, 15) is 0 Å². The fourth-order valence-electron chi connectivity index (χ4n) is 4.16. The molecule has 2 rings (SSSR count). The minimum Gasteiger partial charge on any atom is -0.285 e. The van der Waals surface area contributed by atoms with Crippen LogP contribution in [0.25, 0.3) is 0 Å². The molecule has 0 aromatic carbocycles. The van der Waals surface area contributed by atoms with Gasteiger partial charge in [-0.05, 0) is 45.8 Å². The van der Waals surface area contributed by atoms with Crippen molar-refractivity contribution in [3.05, 3.63) is 12.2 Å². The minimum atomic E-state index is 0.465. The van der Waals surface area contributed by atoms with E-state index in [1.807, 2.05) is 0 Å². The third-order valence-electron chi connectivity index (χ3n) is 5.56. The summed E-state index contributed by atoms with van der Waals surface area (Å²) in [6, 6.07) is 2.50. The summed E-state index contributed by atoms with van der Waals surface area (Å²) in [5.74, 6) is 0. The summed E-state index contributed by atoms with van der Waals surface area (Å²) < 4.78 is 0. The Morgan fingerprint density at radius 1 is 0.857 bits per heavy atom. The SMILES string of the molecule is CN(C1CCCCC1)C(C=CC[Si])N(C)C1CCCCC1. The number of nitrogens with zero attached hydrogens (tertiary/aromatic N) is 2. The van der Waals surface area contributed by atoms with Gasteiger partial charge in [0.25, 0.3) is 0 Å². The molecule has 0 aliphatic heterocycles. The van der Waals surface area contributed by atoms with E-state index in [1.54, 1.807) is 0 Å². The fraction of sp³-hybridized carbons (Fsp3) is 0.889. The van der Waals surface area contributed by atoms with Crippen molar-refractivity contribution in [2.75, 3.05) is 14.1 Å². The van der Waals surface area contributed by atoms with Crippen LogP contribution in [0.15, 0.2) is 12.2 Å². The second kappa shape index (κ2) is 9.11. The van der Waals surface area contributed by atoms with Crippen LogP contribution in [0.5, 0.6) is 0 Å². The first-order chi connectivity index (χ1) is 10.2. The Morgan fingerprint density at radius 3 is 1.67 bits per heavy atom. The van der Waals surface area contributed by atoms with Crippen LogP contribution < -0.4 is 0 Å². The molecule has 0 aromatic rings. The van der Waals surface area contributed by atoms with Gasteiger partial charge in [-0.2, -0.15) is 0 Å². The molecule has 0 atom stereocenters. The van der Waals surface area contributed by atoms with Gasteiger partial charge in [0.05, 0.1) is 6.17 Å². The second-order valence-electron chi connectivity index (χ2n) is 6.96. The second-order valence-corrected chi connectivity index (χ2v) is 7.37. The Balaban J connectivity index is 2.02. The number of hydrogen-bond acceptors (Lipinski definition) is 2. The lowest BCUT2D eigenvalue weighted by Gasteiger charge is -2.44. The van der Waals surface area contributed by atoms with Crippen LogP contribution in [0.3, 0.4) is 0 Å². The van der Waals surface area contributed by atoms with Gasteiger partial charge in [0, 0.05) is 22.3 Å². The molecule has 0 saturated heterocycles. The van der Waals surface area contributed by atoms with E-state index in [-0.39, 0.29) is 0 Å². The molecular weight excluding hydrogens is 272 g/mol. The van der Waals surface area contributed by atoms with Crippen molar-refractivity contribution in [3.8, 4) is 0 Å². The summed E-state index contributed by atoms with van der Waals surface area (Å²) in [4.78, 5) is 5.29. The lowest BCUT2D eigenvalue weighted by atomic mass is 9.92. The first kappa shape index (κ1) is 17.2. The third-order valence-corrected chi connectivity index (χ3v) is 5.80. The van der Waals surface area contributed by atoms with Crippen LogP contribution in [0.2, 0.25) is 6.04 Å². The van der Waals surface area contributed by atoms with Crippen molar-refractivity contribution >= 4 is 10.2 Å². The van der Waals surface area contributed by atoms with Crippen molar-refractivity contribution in [3.63, 3.8) is 0 Å². The Hall–Kier alpha value is -0.123. The molecule has 0 amide bonds. The predicted molar refractivity (Wildman–Crippen MR) is 92.8 cm³/mol. The third kappa shape index (κ3) is 4.94. The maximum absolute atomic E-state index is 3.59. The topological polar surface area (TPSA) is 6.48 Å². The summed E-state index contributed by atoms with van der Waals surface area (Å²) in [5.41, 5.74) is 0. The molecule has 2 fully saturated rings. The summed E-state index contributed by atoms with van der Waals surface area (Å²) in [5, 5.41) is 0. The molecule has 21 heavy (non-hydrogen) atoms. The van der Waals surface area contributed by atoms with Crippen molar-refractivity contribution in [1.82, 2.24) is 9.80 Å². The van der Waals surface area contributed by atoms with Crippen LogP contribution in [0, 0.1) is 0 Å².